The van der Waals surface area contributed by atoms with Gasteiger partial charge in [0.15, 0.2) is 15.0 Å². The number of anilines is 1. The van der Waals surface area contributed by atoms with E-state index in [9.17, 15) is 13.2 Å². The van der Waals surface area contributed by atoms with E-state index >= 15 is 0 Å². The molecule has 8 heteroatoms. The first kappa shape index (κ1) is 15.1. The number of carbonyl (C=O) groups is 1. The second-order valence-electron chi connectivity index (χ2n) is 4.78. The highest BCUT2D eigenvalue weighted by molar-refractivity contribution is 7.90. The van der Waals surface area contributed by atoms with Crippen LogP contribution in [0.1, 0.15) is 5.56 Å². The molecular weight excluding hydrogens is 340 g/mol. The van der Waals surface area contributed by atoms with Crippen LogP contribution in [0.25, 0.3) is 10.2 Å². The molecule has 0 aliphatic heterocycles. The van der Waals surface area contributed by atoms with Crippen molar-refractivity contribution in [3.63, 3.8) is 0 Å². The number of sulfone groups is 1. The van der Waals surface area contributed by atoms with Crippen LogP contribution in [0.2, 0.25) is 0 Å². The van der Waals surface area contributed by atoms with E-state index in [4.69, 9.17) is 0 Å². The lowest BCUT2D eigenvalue weighted by Gasteiger charge is -1.98. The molecular formula is C14H12N2O3S3. The standard InChI is InChI=1S/C14H12N2O3S3/c1-22(18,19)10-2-3-11-12(7-10)21-14(15-11)16-13(17)6-9-4-5-20-8-9/h2-5,7-8H,6H2,1H3,(H,15,16,17). The maximum absolute atomic E-state index is 11.9. The molecule has 0 aliphatic rings. The van der Waals surface area contributed by atoms with Crippen molar-refractivity contribution in [2.75, 3.05) is 11.6 Å². The first-order valence-corrected chi connectivity index (χ1v) is 9.98. The molecule has 3 aromatic rings. The van der Waals surface area contributed by atoms with Crippen molar-refractivity contribution in [3.8, 4) is 0 Å². The average Bonchev–Trinajstić information content (AvgIpc) is 3.04. The highest BCUT2D eigenvalue weighted by Crippen LogP contribution is 2.28. The summed E-state index contributed by atoms with van der Waals surface area (Å²) in [6, 6.07) is 6.66. The fraction of sp³-hybridized carbons (Fsp3) is 0.143. The summed E-state index contributed by atoms with van der Waals surface area (Å²) in [6.07, 6.45) is 1.47. The van der Waals surface area contributed by atoms with E-state index in [0.717, 1.165) is 10.3 Å². The zero-order valence-corrected chi connectivity index (χ0v) is 14.0. The Bertz CT molecular complexity index is 928. The van der Waals surface area contributed by atoms with Crippen LogP contribution in [0.4, 0.5) is 5.13 Å². The van der Waals surface area contributed by atoms with Gasteiger partial charge in [0.05, 0.1) is 21.5 Å². The minimum Gasteiger partial charge on any atom is -0.302 e. The quantitative estimate of drug-likeness (QED) is 0.783. The van der Waals surface area contributed by atoms with Crippen LogP contribution in [0.5, 0.6) is 0 Å². The molecule has 0 aliphatic carbocycles. The lowest BCUT2D eigenvalue weighted by atomic mass is 10.2. The van der Waals surface area contributed by atoms with Crippen LogP contribution >= 0.6 is 22.7 Å². The van der Waals surface area contributed by atoms with Gasteiger partial charge in [-0.2, -0.15) is 11.3 Å². The molecule has 114 valence electrons. The molecule has 2 aromatic heterocycles. The number of amides is 1. The zero-order valence-electron chi connectivity index (χ0n) is 11.6. The SMILES string of the molecule is CS(=O)(=O)c1ccc2nc(NC(=O)Cc3ccsc3)sc2c1. The van der Waals surface area contributed by atoms with Crippen LogP contribution in [0, 0.1) is 0 Å². The van der Waals surface area contributed by atoms with Gasteiger partial charge >= 0.3 is 0 Å². The summed E-state index contributed by atoms with van der Waals surface area (Å²) in [5.41, 5.74) is 1.63. The Hall–Kier alpha value is -1.77. The summed E-state index contributed by atoms with van der Waals surface area (Å²) in [6.45, 7) is 0. The van der Waals surface area contributed by atoms with Crippen molar-refractivity contribution in [3.05, 3.63) is 40.6 Å². The van der Waals surface area contributed by atoms with Gasteiger partial charge in [-0.15, -0.1) is 0 Å². The van der Waals surface area contributed by atoms with Gasteiger partial charge in [-0.05, 0) is 40.6 Å². The molecule has 1 amide bonds. The maximum atomic E-state index is 11.9. The van der Waals surface area contributed by atoms with Crippen LogP contribution in [-0.2, 0) is 21.1 Å². The zero-order chi connectivity index (χ0) is 15.7. The number of rotatable bonds is 4. The summed E-state index contributed by atoms with van der Waals surface area (Å²) >= 11 is 2.81. The number of nitrogens with zero attached hydrogens (tertiary/aromatic N) is 1. The van der Waals surface area contributed by atoms with Gasteiger partial charge in [-0.3, -0.25) is 4.79 Å². The van der Waals surface area contributed by atoms with E-state index in [1.54, 1.807) is 23.5 Å². The van der Waals surface area contributed by atoms with Gasteiger partial charge in [-0.1, -0.05) is 11.3 Å². The number of nitrogens with one attached hydrogen (secondary N) is 1. The third-order valence-electron chi connectivity index (χ3n) is 2.98. The number of aromatic nitrogens is 1. The van der Waals surface area contributed by atoms with Crippen LogP contribution in [0.15, 0.2) is 39.9 Å². The van der Waals surface area contributed by atoms with Gasteiger partial charge in [-0.25, -0.2) is 13.4 Å². The Kier molecular flexibility index (Phi) is 3.98. The predicted molar refractivity (Wildman–Crippen MR) is 89.4 cm³/mol. The van der Waals surface area contributed by atoms with Crippen molar-refractivity contribution in [1.29, 1.82) is 0 Å². The number of thiazole rings is 1. The molecule has 0 fully saturated rings. The third kappa shape index (κ3) is 3.34. The monoisotopic (exact) mass is 352 g/mol. The fourth-order valence-corrected chi connectivity index (χ4v) is 4.24. The maximum Gasteiger partial charge on any atom is 0.230 e. The molecule has 1 N–H and O–H groups in total. The van der Waals surface area contributed by atoms with E-state index in [1.807, 2.05) is 16.8 Å². The Morgan fingerprint density at radius 2 is 2.14 bits per heavy atom. The average molecular weight is 352 g/mol. The normalized spacial score (nSPS) is 11.7. The molecule has 22 heavy (non-hydrogen) atoms. The number of benzene rings is 1. The molecule has 0 unspecified atom stereocenters. The predicted octanol–water partition coefficient (Wildman–Crippen LogP) is 2.94. The molecule has 1 aromatic carbocycles. The number of carbonyl (C=O) groups excluding carboxylic acids is 1. The highest BCUT2D eigenvalue weighted by atomic mass is 32.2. The fourth-order valence-electron chi connectivity index (χ4n) is 1.93. The molecule has 2 heterocycles. The summed E-state index contributed by atoms with van der Waals surface area (Å²) in [5.74, 6) is -0.138. The first-order chi connectivity index (χ1) is 10.4. The third-order valence-corrected chi connectivity index (χ3v) is 5.76. The van der Waals surface area contributed by atoms with Crippen LogP contribution in [-0.4, -0.2) is 25.6 Å². The molecule has 0 atom stereocenters. The Balaban J connectivity index is 1.81. The second kappa shape index (κ2) is 5.79. The molecule has 0 spiro atoms. The molecule has 3 rings (SSSR count). The number of fused-ring (bicyclic) bond motifs is 1. The lowest BCUT2D eigenvalue weighted by molar-refractivity contribution is -0.115. The highest BCUT2D eigenvalue weighted by Gasteiger charge is 2.12. The van der Waals surface area contributed by atoms with Crippen molar-refractivity contribution in [1.82, 2.24) is 4.98 Å². The van der Waals surface area contributed by atoms with E-state index < -0.39 is 9.84 Å². The van der Waals surface area contributed by atoms with E-state index in [1.165, 1.54) is 23.7 Å². The van der Waals surface area contributed by atoms with Crippen molar-refractivity contribution >= 4 is 53.8 Å². The van der Waals surface area contributed by atoms with Gasteiger partial charge in [0.25, 0.3) is 0 Å². The minimum atomic E-state index is -3.25. The van der Waals surface area contributed by atoms with E-state index in [-0.39, 0.29) is 10.8 Å². The summed E-state index contributed by atoms with van der Waals surface area (Å²) in [5, 5.41) is 7.08. The second-order valence-corrected chi connectivity index (χ2v) is 8.60. The van der Waals surface area contributed by atoms with Crippen molar-refractivity contribution in [2.45, 2.75) is 11.3 Å². The Morgan fingerprint density at radius 3 is 2.82 bits per heavy atom. The molecule has 0 saturated carbocycles. The number of hydrogen-bond donors (Lipinski definition) is 1. The minimum absolute atomic E-state index is 0.138. The van der Waals surface area contributed by atoms with Gasteiger partial charge in [0.1, 0.15) is 0 Å². The molecule has 0 radical (unpaired) electrons. The van der Waals surface area contributed by atoms with Gasteiger partial charge in [0.2, 0.25) is 5.91 Å². The van der Waals surface area contributed by atoms with Crippen LogP contribution in [0.3, 0.4) is 0 Å². The van der Waals surface area contributed by atoms with E-state index in [0.29, 0.717) is 17.1 Å². The van der Waals surface area contributed by atoms with Crippen molar-refractivity contribution in [2.24, 2.45) is 0 Å². The topological polar surface area (TPSA) is 76.1 Å². The summed E-state index contributed by atoms with van der Waals surface area (Å²) in [4.78, 5) is 16.5. The van der Waals surface area contributed by atoms with Crippen LogP contribution < -0.4 is 5.32 Å². The largest absolute Gasteiger partial charge is 0.302 e. The summed E-state index contributed by atoms with van der Waals surface area (Å²) in [7, 11) is -3.25. The number of hydrogen-bond acceptors (Lipinski definition) is 6. The number of thiophene rings is 1. The lowest BCUT2D eigenvalue weighted by Crippen LogP contribution is -2.13. The Labute approximate surface area is 135 Å². The first-order valence-electron chi connectivity index (χ1n) is 6.33. The summed E-state index contributed by atoms with van der Waals surface area (Å²) < 4.78 is 23.8. The van der Waals surface area contributed by atoms with E-state index in [2.05, 4.69) is 10.3 Å². The molecule has 5 nitrogen and oxygen atoms in total. The smallest absolute Gasteiger partial charge is 0.230 e. The molecule has 0 saturated heterocycles. The van der Waals surface area contributed by atoms with Crippen molar-refractivity contribution < 1.29 is 13.2 Å². The molecule has 0 bridgehead atoms. The Morgan fingerprint density at radius 1 is 1.32 bits per heavy atom. The van der Waals surface area contributed by atoms with Gasteiger partial charge in [0, 0.05) is 6.26 Å². The van der Waals surface area contributed by atoms with Gasteiger partial charge < -0.3 is 5.32 Å².